The van der Waals surface area contributed by atoms with Gasteiger partial charge in [0.25, 0.3) is 0 Å². The maximum Gasteiger partial charge on any atom is 0.178 e. The number of ketones is 1. The van der Waals surface area contributed by atoms with Gasteiger partial charge in [0.1, 0.15) is 6.61 Å². The SMILES string of the molecule is O=C1C=CC(O)(C#CCO)C=C1. The van der Waals surface area contributed by atoms with Gasteiger partial charge in [-0.2, -0.15) is 0 Å². The van der Waals surface area contributed by atoms with Crippen molar-refractivity contribution in [3.63, 3.8) is 0 Å². The summed E-state index contributed by atoms with van der Waals surface area (Å²) in [5.41, 5.74) is -1.39. The summed E-state index contributed by atoms with van der Waals surface area (Å²) in [5.74, 6) is 4.54. The molecule has 3 nitrogen and oxygen atoms in total. The number of aliphatic hydroxyl groups excluding tert-OH is 1. The zero-order valence-electron chi connectivity index (χ0n) is 6.32. The van der Waals surface area contributed by atoms with Crippen LogP contribution in [0.15, 0.2) is 24.3 Å². The zero-order chi connectivity index (χ0) is 9.03. The highest BCUT2D eigenvalue weighted by Crippen LogP contribution is 2.11. The van der Waals surface area contributed by atoms with Crippen LogP contribution in [0, 0.1) is 11.8 Å². The van der Waals surface area contributed by atoms with Crippen molar-refractivity contribution in [3.05, 3.63) is 24.3 Å². The van der Waals surface area contributed by atoms with E-state index in [4.69, 9.17) is 5.11 Å². The minimum atomic E-state index is -1.39. The Hall–Kier alpha value is -1.37. The molecule has 0 bridgehead atoms. The second kappa shape index (κ2) is 3.35. The highest BCUT2D eigenvalue weighted by Gasteiger charge is 2.19. The van der Waals surface area contributed by atoms with Crippen molar-refractivity contribution in [2.75, 3.05) is 6.61 Å². The Balaban J connectivity index is 2.81. The molecule has 0 radical (unpaired) electrons. The Kier molecular flexibility index (Phi) is 2.44. The predicted octanol–water partition coefficient (Wildman–Crippen LogP) is -0.592. The van der Waals surface area contributed by atoms with Gasteiger partial charge in [0.05, 0.1) is 0 Å². The molecular formula is C9H8O3. The lowest BCUT2D eigenvalue weighted by Crippen LogP contribution is -2.23. The number of allylic oxidation sites excluding steroid dienone is 2. The lowest BCUT2D eigenvalue weighted by Gasteiger charge is -2.14. The molecule has 62 valence electrons. The van der Waals surface area contributed by atoms with E-state index in [9.17, 15) is 9.90 Å². The molecule has 0 saturated carbocycles. The molecule has 1 rings (SSSR count). The molecule has 2 N–H and O–H groups in total. The third-order valence-corrected chi connectivity index (χ3v) is 1.37. The Bertz CT molecular complexity index is 285. The second-order valence-electron chi connectivity index (χ2n) is 2.35. The van der Waals surface area contributed by atoms with Crippen LogP contribution in [0.5, 0.6) is 0 Å². The summed E-state index contributed by atoms with van der Waals surface area (Å²) in [7, 11) is 0. The Morgan fingerprint density at radius 1 is 1.42 bits per heavy atom. The minimum absolute atomic E-state index is 0.175. The molecule has 0 spiro atoms. The van der Waals surface area contributed by atoms with E-state index < -0.39 is 5.60 Å². The third kappa shape index (κ3) is 2.06. The lowest BCUT2D eigenvalue weighted by atomic mass is 9.98. The molecule has 0 heterocycles. The molecule has 12 heavy (non-hydrogen) atoms. The summed E-state index contributed by atoms with van der Waals surface area (Å²) in [4.78, 5) is 10.6. The predicted molar refractivity (Wildman–Crippen MR) is 43.1 cm³/mol. The van der Waals surface area contributed by atoms with Crippen molar-refractivity contribution in [2.45, 2.75) is 5.60 Å². The zero-order valence-corrected chi connectivity index (χ0v) is 6.32. The van der Waals surface area contributed by atoms with Crippen LogP contribution in [0.3, 0.4) is 0 Å². The first-order valence-electron chi connectivity index (χ1n) is 3.42. The number of carbonyl (C=O) groups is 1. The van der Waals surface area contributed by atoms with Crippen molar-refractivity contribution in [3.8, 4) is 11.8 Å². The fourth-order valence-electron chi connectivity index (χ4n) is 0.794. The molecule has 0 unspecified atom stereocenters. The quantitative estimate of drug-likeness (QED) is 0.470. The summed E-state index contributed by atoms with van der Waals surface area (Å²) in [6, 6.07) is 0. The second-order valence-corrected chi connectivity index (χ2v) is 2.35. The van der Waals surface area contributed by atoms with Gasteiger partial charge in [0, 0.05) is 0 Å². The smallest absolute Gasteiger partial charge is 0.178 e. The molecular weight excluding hydrogens is 156 g/mol. The minimum Gasteiger partial charge on any atom is -0.384 e. The molecule has 0 aromatic carbocycles. The highest BCUT2D eigenvalue weighted by atomic mass is 16.3. The van der Waals surface area contributed by atoms with Crippen molar-refractivity contribution >= 4 is 5.78 Å². The van der Waals surface area contributed by atoms with Gasteiger partial charge >= 0.3 is 0 Å². The lowest BCUT2D eigenvalue weighted by molar-refractivity contribution is -0.110. The summed E-state index contributed by atoms with van der Waals surface area (Å²) < 4.78 is 0. The van der Waals surface area contributed by atoms with Gasteiger partial charge in [-0.1, -0.05) is 11.8 Å². The highest BCUT2D eigenvalue weighted by molar-refractivity contribution is 6.00. The van der Waals surface area contributed by atoms with Gasteiger partial charge in [-0.15, -0.1) is 0 Å². The number of carbonyl (C=O) groups excluding carboxylic acids is 1. The third-order valence-electron chi connectivity index (χ3n) is 1.37. The first-order valence-corrected chi connectivity index (χ1v) is 3.42. The average Bonchev–Trinajstić information content (AvgIpc) is 2.08. The molecule has 0 atom stereocenters. The van der Waals surface area contributed by atoms with Crippen LogP contribution in [0.25, 0.3) is 0 Å². The standard InChI is InChI=1S/C9H8O3/c10-7-1-4-9(12)5-2-8(11)3-6-9/h2-3,5-6,10,12H,7H2. The number of hydrogen-bond donors (Lipinski definition) is 2. The van der Waals surface area contributed by atoms with E-state index in [0.717, 1.165) is 0 Å². The topological polar surface area (TPSA) is 57.5 Å². The van der Waals surface area contributed by atoms with E-state index in [0.29, 0.717) is 0 Å². The van der Waals surface area contributed by atoms with E-state index in [1.807, 2.05) is 0 Å². The molecule has 3 heteroatoms. The first kappa shape index (κ1) is 8.72. The van der Waals surface area contributed by atoms with Gasteiger partial charge in [0.15, 0.2) is 11.4 Å². The first-order chi connectivity index (χ1) is 5.66. The van der Waals surface area contributed by atoms with Crippen molar-refractivity contribution in [1.29, 1.82) is 0 Å². The fourth-order valence-corrected chi connectivity index (χ4v) is 0.794. The molecule has 0 aromatic heterocycles. The van der Waals surface area contributed by atoms with Crippen LogP contribution in [-0.4, -0.2) is 28.2 Å². The molecule has 0 aromatic rings. The van der Waals surface area contributed by atoms with E-state index in [1.54, 1.807) is 0 Å². The van der Waals surface area contributed by atoms with Crippen LogP contribution in [0.1, 0.15) is 0 Å². The molecule has 0 saturated heterocycles. The van der Waals surface area contributed by atoms with E-state index in [1.165, 1.54) is 24.3 Å². The van der Waals surface area contributed by atoms with Crippen molar-refractivity contribution in [2.24, 2.45) is 0 Å². The Labute approximate surface area is 70.0 Å². The van der Waals surface area contributed by atoms with Gasteiger partial charge in [-0.3, -0.25) is 4.79 Å². The average molecular weight is 164 g/mol. The van der Waals surface area contributed by atoms with Gasteiger partial charge in [-0.05, 0) is 24.3 Å². The summed E-state index contributed by atoms with van der Waals surface area (Å²) in [5, 5.41) is 17.9. The largest absolute Gasteiger partial charge is 0.384 e. The van der Waals surface area contributed by atoms with Crippen molar-refractivity contribution in [1.82, 2.24) is 0 Å². The molecule has 0 fully saturated rings. The number of hydrogen-bond acceptors (Lipinski definition) is 3. The van der Waals surface area contributed by atoms with Gasteiger partial charge < -0.3 is 10.2 Å². The molecule has 0 aliphatic heterocycles. The molecule has 1 aliphatic carbocycles. The Morgan fingerprint density at radius 2 is 2.00 bits per heavy atom. The number of rotatable bonds is 0. The van der Waals surface area contributed by atoms with Crippen LogP contribution < -0.4 is 0 Å². The van der Waals surface area contributed by atoms with Gasteiger partial charge in [0.2, 0.25) is 0 Å². The van der Waals surface area contributed by atoms with E-state index >= 15 is 0 Å². The summed E-state index contributed by atoms with van der Waals surface area (Å²) in [6.45, 7) is -0.308. The normalized spacial score (nSPS) is 18.7. The summed E-state index contributed by atoms with van der Waals surface area (Å²) in [6.07, 6.45) is 5.06. The van der Waals surface area contributed by atoms with E-state index in [-0.39, 0.29) is 12.4 Å². The van der Waals surface area contributed by atoms with Gasteiger partial charge in [-0.25, -0.2) is 0 Å². The van der Waals surface area contributed by atoms with Crippen LogP contribution >= 0.6 is 0 Å². The Morgan fingerprint density at radius 3 is 2.50 bits per heavy atom. The van der Waals surface area contributed by atoms with E-state index in [2.05, 4.69) is 11.8 Å². The van der Waals surface area contributed by atoms with Crippen LogP contribution in [0.4, 0.5) is 0 Å². The fraction of sp³-hybridized carbons (Fsp3) is 0.222. The van der Waals surface area contributed by atoms with Crippen LogP contribution in [0.2, 0.25) is 0 Å². The molecule has 0 amide bonds. The number of aliphatic hydroxyl groups is 2. The maximum atomic E-state index is 10.6. The van der Waals surface area contributed by atoms with Crippen LogP contribution in [-0.2, 0) is 4.79 Å². The maximum absolute atomic E-state index is 10.6. The summed E-state index contributed by atoms with van der Waals surface area (Å²) >= 11 is 0. The monoisotopic (exact) mass is 164 g/mol. The molecule has 1 aliphatic rings. The van der Waals surface area contributed by atoms with Crippen molar-refractivity contribution < 1.29 is 15.0 Å².